The second-order valence-electron chi connectivity index (χ2n) is 3.62. The summed E-state index contributed by atoms with van der Waals surface area (Å²) in [6.45, 7) is 2.39. The van der Waals surface area contributed by atoms with Crippen LogP contribution in [0.1, 0.15) is 39.0 Å². The Kier molecular flexibility index (Phi) is 5.01. The quantitative estimate of drug-likeness (QED) is 0.395. The molecule has 84 valence electrons. The first kappa shape index (κ1) is 11.9. The lowest BCUT2D eigenvalue weighted by Crippen LogP contribution is -2.28. The molecule has 4 nitrogen and oxygen atoms in total. The molecular weight excluding hydrogens is 194 g/mol. The van der Waals surface area contributed by atoms with Gasteiger partial charge in [0.15, 0.2) is 0 Å². The third kappa shape index (κ3) is 3.81. The topological polar surface area (TPSA) is 55.7 Å². The number of hydrogen-bond donors (Lipinski definition) is 0. The first-order chi connectivity index (χ1) is 7.25. The number of Topliss-reactive ketones (excluding diaryl/α,β-unsaturated/α-hetero) is 2. The molecule has 0 amide bonds. The van der Waals surface area contributed by atoms with Gasteiger partial charge in [0, 0.05) is 19.1 Å². The maximum Gasteiger partial charge on any atom is 0.143 e. The van der Waals surface area contributed by atoms with Gasteiger partial charge in [0.25, 0.3) is 0 Å². The summed E-state index contributed by atoms with van der Waals surface area (Å²) < 4.78 is 0. The van der Waals surface area contributed by atoms with Crippen LogP contribution in [0.4, 0.5) is 0 Å². The summed E-state index contributed by atoms with van der Waals surface area (Å²) in [7, 11) is 0. The highest BCUT2D eigenvalue weighted by Crippen LogP contribution is 2.20. The lowest BCUT2D eigenvalue weighted by molar-refractivity contribution is -0.135. The van der Waals surface area contributed by atoms with Gasteiger partial charge in [0.05, 0.1) is 5.92 Å². The highest BCUT2D eigenvalue weighted by atomic mass is 16.6. The van der Waals surface area contributed by atoms with Gasteiger partial charge in [-0.15, -0.1) is 0 Å². The van der Waals surface area contributed by atoms with Crippen LogP contribution in [0.5, 0.6) is 0 Å². The van der Waals surface area contributed by atoms with Gasteiger partial charge in [-0.05, 0) is 26.2 Å². The first-order valence-electron chi connectivity index (χ1n) is 5.45. The van der Waals surface area contributed by atoms with E-state index in [0.717, 1.165) is 6.42 Å². The predicted molar refractivity (Wildman–Crippen MR) is 56.7 cm³/mol. The Balaban J connectivity index is 2.29. The molecule has 1 aliphatic carbocycles. The molecule has 0 N–H and O–H groups in total. The standard InChI is InChI=1S/C11H17NO3/c1-2-15-12-8-4-5-9-10(13)6-3-7-11(9)14/h8-9H,2-7H2,1H3. The van der Waals surface area contributed by atoms with Gasteiger partial charge in [-0.1, -0.05) is 5.16 Å². The Morgan fingerprint density at radius 1 is 1.40 bits per heavy atom. The van der Waals surface area contributed by atoms with Crippen molar-refractivity contribution in [2.24, 2.45) is 11.1 Å². The molecule has 0 spiro atoms. The second kappa shape index (κ2) is 6.32. The minimum Gasteiger partial charge on any atom is -0.396 e. The fourth-order valence-corrected chi connectivity index (χ4v) is 1.71. The summed E-state index contributed by atoms with van der Waals surface area (Å²) in [4.78, 5) is 27.6. The SMILES string of the molecule is CCON=CCCC1C(=O)CCCC1=O. The zero-order chi connectivity index (χ0) is 11.1. The van der Waals surface area contributed by atoms with Crippen molar-refractivity contribution in [3.63, 3.8) is 0 Å². The van der Waals surface area contributed by atoms with Gasteiger partial charge < -0.3 is 4.84 Å². The average molecular weight is 211 g/mol. The van der Waals surface area contributed by atoms with E-state index in [1.54, 1.807) is 6.21 Å². The molecule has 0 aliphatic heterocycles. The van der Waals surface area contributed by atoms with E-state index in [0.29, 0.717) is 32.3 Å². The summed E-state index contributed by atoms with van der Waals surface area (Å²) in [6, 6.07) is 0. The van der Waals surface area contributed by atoms with Gasteiger partial charge in [-0.25, -0.2) is 0 Å². The zero-order valence-corrected chi connectivity index (χ0v) is 9.07. The van der Waals surface area contributed by atoms with Crippen molar-refractivity contribution < 1.29 is 14.4 Å². The summed E-state index contributed by atoms with van der Waals surface area (Å²) in [5.74, 6) is -0.195. The smallest absolute Gasteiger partial charge is 0.143 e. The van der Waals surface area contributed by atoms with Crippen LogP contribution in [0.25, 0.3) is 0 Å². The van der Waals surface area contributed by atoms with Crippen LogP contribution in [0.15, 0.2) is 5.16 Å². The fraction of sp³-hybridized carbons (Fsp3) is 0.727. The lowest BCUT2D eigenvalue weighted by Gasteiger charge is -2.18. The van der Waals surface area contributed by atoms with Crippen molar-refractivity contribution in [1.82, 2.24) is 0 Å². The molecule has 0 radical (unpaired) electrons. The molecule has 4 heteroatoms. The molecule has 0 heterocycles. The van der Waals surface area contributed by atoms with E-state index in [2.05, 4.69) is 5.16 Å². The number of hydrogen-bond acceptors (Lipinski definition) is 4. The minimum atomic E-state index is -0.383. The van der Waals surface area contributed by atoms with Crippen molar-refractivity contribution in [2.75, 3.05) is 6.61 Å². The number of ketones is 2. The van der Waals surface area contributed by atoms with E-state index in [-0.39, 0.29) is 17.5 Å². The molecule has 1 saturated carbocycles. The van der Waals surface area contributed by atoms with Crippen molar-refractivity contribution in [2.45, 2.75) is 39.0 Å². The van der Waals surface area contributed by atoms with Crippen LogP contribution < -0.4 is 0 Å². The third-order valence-electron chi connectivity index (χ3n) is 2.49. The molecule has 0 aromatic carbocycles. The Bertz CT molecular complexity index is 245. The van der Waals surface area contributed by atoms with Crippen LogP contribution in [-0.4, -0.2) is 24.4 Å². The Labute approximate surface area is 89.7 Å². The first-order valence-corrected chi connectivity index (χ1v) is 5.45. The van der Waals surface area contributed by atoms with E-state index in [1.807, 2.05) is 6.92 Å². The Hall–Kier alpha value is -1.19. The zero-order valence-electron chi connectivity index (χ0n) is 9.07. The van der Waals surface area contributed by atoms with Crippen LogP contribution in [0.2, 0.25) is 0 Å². The normalized spacial score (nSPS) is 18.7. The molecule has 1 aliphatic rings. The van der Waals surface area contributed by atoms with Gasteiger partial charge >= 0.3 is 0 Å². The Morgan fingerprint density at radius 3 is 2.67 bits per heavy atom. The number of nitrogens with zero attached hydrogens (tertiary/aromatic N) is 1. The molecule has 1 rings (SSSR count). The minimum absolute atomic E-state index is 0.0936. The van der Waals surface area contributed by atoms with E-state index >= 15 is 0 Å². The van der Waals surface area contributed by atoms with Gasteiger partial charge in [0.1, 0.15) is 18.2 Å². The molecule has 0 atom stereocenters. The van der Waals surface area contributed by atoms with E-state index in [9.17, 15) is 9.59 Å². The maximum absolute atomic E-state index is 11.4. The Morgan fingerprint density at radius 2 is 2.07 bits per heavy atom. The van der Waals surface area contributed by atoms with Gasteiger partial charge in [-0.2, -0.15) is 0 Å². The van der Waals surface area contributed by atoms with Crippen molar-refractivity contribution >= 4 is 17.8 Å². The summed E-state index contributed by atoms with van der Waals surface area (Å²) in [5, 5.41) is 3.68. The molecule has 1 fully saturated rings. The van der Waals surface area contributed by atoms with Crippen LogP contribution in [0.3, 0.4) is 0 Å². The third-order valence-corrected chi connectivity index (χ3v) is 2.49. The van der Waals surface area contributed by atoms with Crippen molar-refractivity contribution in [3.05, 3.63) is 0 Å². The summed E-state index contributed by atoms with van der Waals surface area (Å²) >= 11 is 0. The number of carbonyl (C=O) groups is 2. The van der Waals surface area contributed by atoms with Gasteiger partial charge in [0.2, 0.25) is 0 Å². The van der Waals surface area contributed by atoms with Crippen molar-refractivity contribution in [1.29, 1.82) is 0 Å². The van der Waals surface area contributed by atoms with E-state index in [1.165, 1.54) is 0 Å². The number of carbonyl (C=O) groups excluding carboxylic acids is 2. The van der Waals surface area contributed by atoms with Crippen molar-refractivity contribution in [3.8, 4) is 0 Å². The van der Waals surface area contributed by atoms with E-state index < -0.39 is 0 Å². The predicted octanol–water partition coefficient (Wildman–Crippen LogP) is 1.73. The molecular formula is C11H17NO3. The van der Waals surface area contributed by atoms with Crippen LogP contribution >= 0.6 is 0 Å². The molecule has 0 aromatic rings. The summed E-state index contributed by atoms with van der Waals surface area (Å²) in [6.07, 6.45) is 4.66. The maximum atomic E-state index is 11.4. The highest BCUT2D eigenvalue weighted by Gasteiger charge is 2.28. The largest absolute Gasteiger partial charge is 0.396 e. The molecule has 0 aromatic heterocycles. The molecule has 15 heavy (non-hydrogen) atoms. The summed E-state index contributed by atoms with van der Waals surface area (Å²) in [5.41, 5.74) is 0. The monoisotopic (exact) mass is 211 g/mol. The van der Waals surface area contributed by atoms with Gasteiger partial charge in [-0.3, -0.25) is 9.59 Å². The van der Waals surface area contributed by atoms with E-state index in [4.69, 9.17) is 4.84 Å². The molecule has 0 unspecified atom stereocenters. The number of rotatable bonds is 5. The highest BCUT2D eigenvalue weighted by molar-refractivity contribution is 6.04. The average Bonchev–Trinajstić information content (AvgIpc) is 2.21. The van der Waals surface area contributed by atoms with Crippen LogP contribution in [0, 0.1) is 5.92 Å². The lowest BCUT2D eigenvalue weighted by atomic mass is 9.84. The second-order valence-corrected chi connectivity index (χ2v) is 3.62. The molecule has 0 bridgehead atoms. The number of oxime groups is 1. The fourth-order valence-electron chi connectivity index (χ4n) is 1.71. The molecule has 0 saturated heterocycles. The van der Waals surface area contributed by atoms with Crippen LogP contribution in [-0.2, 0) is 14.4 Å².